The molecular weight excluding hydrogens is 210 g/mol. The molecule has 0 aliphatic heterocycles. The fraction of sp³-hybridized carbons (Fsp3) is 0.417. The van der Waals surface area contributed by atoms with Crippen LogP contribution in [0.15, 0.2) is 24.3 Å². The van der Waals surface area contributed by atoms with Gasteiger partial charge in [0.25, 0.3) is 0 Å². The first-order valence-corrected chi connectivity index (χ1v) is 5.35. The van der Waals surface area contributed by atoms with E-state index in [9.17, 15) is 0 Å². The van der Waals surface area contributed by atoms with Crippen LogP contribution >= 0.6 is 11.6 Å². The van der Waals surface area contributed by atoms with Crippen molar-refractivity contribution in [3.63, 3.8) is 0 Å². The van der Waals surface area contributed by atoms with Gasteiger partial charge in [0.2, 0.25) is 0 Å². The number of aldehydes is 1. The molecule has 3 heteroatoms. The summed E-state index contributed by atoms with van der Waals surface area (Å²) in [5.74, 6) is 0. The van der Waals surface area contributed by atoms with Crippen molar-refractivity contribution >= 4 is 17.9 Å². The standard InChI is InChI=1S/C10H14ClN.C2H4O/c1-3-12(2)8-9-6-4-5-7-10(9)11;1-2-3/h4-7H,3,8H2,1-2H3;2H,1H3. The van der Waals surface area contributed by atoms with Gasteiger partial charge in [0.1, 0.15) is 6.29 Å². The molecule has 0 bridgehead atoms. The van der Waals surface area contributed by atoms with E-state index in [4.69, 9.17) is 16.4 Å². The van der Waals surface area contributed by atoms with Gasteiger partial charge < -0.3 is 9.69 Å². The smallest absolute Gasteiger partial charge is 0.116 e. The summed E-state index contributed by atoms with van der Waals surface area (Å²) in [7, 11) is 2.09. The van der Waals surface area contributed by atoms with Gasteiger partial charge >= 0.3 is 0 Å². The third kappa shape index (κ3) is 6.26. The number of carbonyl (C=O) groups is 1. The number of hydrogen-bond acceptors (Lipinski definition) is 2. The van der Waals surface area contributed by atoms with Gasteiger partial charge in [-0.25, -0.2) is 0 Å². The van der Waals surface area contributed by atoms with Crippen LogP contribution in [0.3, 0.4) is 0 Å². The Kier molecular flexibility index (Phi) is 7.96. The lowest BCUT2D eigenvalue weighted by Crippen LogP contribution is -2.16. The molecule has 1 rings (SSSR count). The Labute approximate surface area is 96.9 Å². The van der Waals surface area contributed by atoms with Crippen LogP contribution in [-0.4, -0.2) is 24.8 Å². The van der Waals surface area contributed by atoms with E-state index >= 15 is 0 Å². The third-order valence-electron chi connectivity index (χ3n) is 1.94. The molecule has 0 N–H and O–H groups in total. The summed E-state index contributed by atoms with van der Waals surface area (Å²) in [6.45, 7) is 5.55. The van der Waals surface area contributed by atoms with Gasteiger partial charge in [-0.3, -0.25) is 0 Å². The van der Waals surface area contributed by atoms with E-state index in [0.717, 1.165) is 24.4 Å². The summed E-state index contributed by atoms with van der Waals surface area (Å²) in [4.78, 5) is 11.0. The van der Waals surface area contributed by atoms with Crippen molar-refractivity contribution in [3.8, 4) is 0 Å². The number of carbonyl (C=O) groups excluding carboxylic acids is 1. The van der Waals surface area contributed by atoms with Crippen LogP contribution in [0.4, 0.5) is 0 Å². The van der Waals surface area contributed by atoms with Crippen LogP contribution in [0.5, 0.6) is 0 Å². The van der Waals surface area contributed by atoms with Crippen molar-refractivity contribution in [1.82, 2.24) is 4.90 Å². The van der Waals surface area contributed by atoms with E-state index in [1.807, 2.05) is 18.2 Å². The molecule has 0 amide bonds. The monoisotopic (exact) mass is 227 g/mol. The molecular formula is C12H18ClNO. The zero-order valence-electron chi connectivity index (χ0n) is 9.53. The Morgan fingerprint density at radius 1 is 1.40 bits per heavy atom. The molecule has 2 nitrogen and oxygen atoms in total. The van der Waals surface area contributed by atoms with E-state index in [-0.39, 0.29) is 0 Å². The molecule has 0 fully saturated rings. The van der Waals surface area contributed by atoms with Gasteiger partial charge in [-0.05, 0) is 32.1 Å². The predicted octanol–water partition coefficient (Wildman–Crippen LogP) is 3.00. The highest BCUT2D eigenvalue weighted by molar-refractivity contribution is 6.31. The second-order valence-electron chi connectivity index (χ2n) is 3.16. The fourth-order valence-electron chi connectivity index (χ4n) is 1.03. The molecule has 0 aliphatic carbocycles. The van der Waals surface area contributed by atoms with Crippen LogP contribution in [0.2, 0.25) is 5.02 Å². The summed E-state index contributed by atoms with van der Waals surface area (Å²) in [5, 5.41) is 0.859. The maximum atomic E-state index is 8.81. The highest BCUT2D eigenvalue weighted by Gasteiger charge is 2.00. The van der Waals surface area contributed by atoms with E-state index in [1.54, 1.807) is 0 Å². The molecule has 0 saturated heterocycles. The second-order valence-corrected chi connectivity index (χ2v) is 3.56. The van der Waals surface area contributed by atoms with Crippen LogP contribution < -0.4 is 0 Å². The van der Waals surface area contributed by atoms with Gasteiger partial charge in [-0.15, -0.1) is 0 Å². The lowest BCUT2D eigenvalue weighted by atomic mass is 10.2. The Morgan fingerprint density at radius 3 is 2.40 bits per heavy atom. The minimum atomic E-state index is 0.750. The minimum Gasteiger partial charge on any atom is -0.304 e. The molecule has 0 aliphatic rings. The second kappa shape index (κ2) is 8.45. The highest BCUT2D eigenvalue weighted by atomic mass is 35.5. The number of benzene rings is 1. The van der Waals surface area contributed by atoms with Crippen LogP contribution in [0, 0.1) is 0 Å². The average molecular weight is 228 g/mol. The van der Waals surface area contributed by atoms with Crippen molar-refractivity contribution in [2.24, 2.45) is 0 Å². The molecule has 0 heterocycles. The van der Waals surface area contributed by atoms with Gasteiger partial charge in [0, 0.05) is 11.6 Å². The molecule has 0 radical (unpaired) electrons. The summed E-state index contributed by atoms with van der Waals surface area (Å²) in [6, 6.07) is 7.97. The number of hydrogen-bond donors (Lipinski definition) is 0. The van der Waals surface area contributed by atoms with Gasteiger partial charge in [-0.2, -0.15) is 0 Å². The van der Waals surface area contributed by atoms with Crippen molar-refractivity contribution in [3.05, 3.63) is 34.9 Å². The number of nitrogens with zero attached hydrogens (tertiary/aromatic N) is 1. The highest BCUT2D eigenvalue weighted by Crippen LogP contribution is 2.15. The first-order valence-electron chi connectivity index (χ1n) is 4.97. The number of rotatable bonds is 3. The van der Waals surface area contributed by atoms with Gasteiger partial charge in [0.15, 0.2) is 0 Å². The minimum absolute atomic E-state index is 0.750. The first kappa shape index (κ1) is 14.1. The normalized spacial score (nSPS) is 9.40. The lowest BCUT2D eigenvalue weighted by Gasteiger charge is -2.14. The topological polar surface area (TPSA) is 20.3 Å². The molecule has 0 spiro atoms. The maximum Gasteiger partial charge on any atom is 0.116 e. The summed E-state index contributed by atoms with van der Waals surface area (Å²) in [5.41, 5.74) is 1.20. The largest absolute Gasteiger partial charge is 0.304 e. The van der Waals surface area contributed by atoms with Crippen molar-refractivity contribution < 1.29 is 4.79 Å². The van der Waals surface area contributed by atoms with Gasteiger partial charge in [0.05, 0.1) is 0 Å². The molecule has 15 heavy (non-hydrogen) atoms. The van der Waals surface area contributed by atoms with E-state index in [0.29, 0.717) is 0 Å². The van der Waals surface area contributed by atoms with Crippen LogP contribution in [0.25, 0.3) is 0 Å². The van der Waals surface area contributed by atoms with Crippen molar-refractivity contribution in [2.75, 3.05) is 13.6 Å². The van der Waals surface area contributed by atoms with Crippen molar-refractivity contribution in [2.45, 2.75) is 20.4 Å². The molecule has 84 valence electrons. The van der Waals surface area contributed by atoms with E-state index in [2.05, 4.69) is 24.9 Å². The Balaban J connectivity index is 0.000000583. The summed E-state index contributed by atoms with van der Waals surface area (Å²) in [6.07, 6.45) is 0.750. The zero-order chi connectivity index (χ0) is 11.7. The molecule has 0 aromatic heterocycles. The summed E-state index contributed by atoms with van der Waals surface area (Å²) >= 11 is 6.00. The zero-order valence-corrected chi connectivity index (χ0v) is 10.3. The van der Waals surface area contributed by atoms with E-state index < -0.39 is 0 Å². The quantitative estimate of drug-likeness (QED) is 0.740. The Bertz CT molecular complexity index is 289. The molecule has 0 atom stereocenters. The predicted molar refractivity (Wildman–Crippen MR) is 65.2 cm³/mol. The van der Waals surface area contributed by atoms with Crippen molar-refractivity contribution in [1.29, 1.82) is 0 Å². The fourth-order valence-corrected chi connectivity index (χ4v) is 1.22. The SMILES string of the molecule is CC=O.CCN(C)Cc1ccccc1Cl. The van der Waals surface area contributed by atoms with Crippen LogP contribution in [-0.2, 0) is 11.3 Å². The molecule has 1 aromatic carbocycles. The van der Waals surface area contributed by atoms with E-state index in [1.165, 1.54) is 12.5 Å². The Hall–Kier alpha value is -0.860. The van der Waals surface area contributed by atoms with Crippen LogP contribution in [0.1, 0.15) is 19.4 Å². The Morgan fingerprint density at radius 2 is 1.93 bits per heavy atom. The first-order chi connectivity index (χ1) is 7.15. The molecule has 0 unspecified atom stereocenters. The summed E-state index contributed by atoms with van der Waals surface area (Å²) < 4.78 is 0. The average Bonchev–Trinajstić information content (AvgIpc) is 2.22. The third-order valence-corrected chi connectivity index (χ3v) is 2.31. The van der Waals surface area contributed by atoms with Gasteiger partial charge in [-0.1, -0.05) is 36.7 Å². The lowest BCUT2D eigenvalue weighted by molar-refractivity contribution is -0.106. The number of halogens is 1. The maximum absolute atomic E-state index is 8.81. The molecule has 0 saturated carbocycles. The molecule has 1 aromatic rings.